The van der Waals surface area contributed by atoms with Crippen LogP contribution in [0.5, 0.6) is 11.5 Å². The van der Waals surface area contributed by atoms with Crippen molar-refractivity contribution in [1.82, 2.24) is 29.5 Å². The van der Waals surface area contributed by atoms with Crippen LogP contribution in [0.15, 0.2) is 73.1 Å². The van der Waals surface area contributed by atoms with Crippen LogP contribution in [-0.2, 0) is 4.79 Å². The van der Waals surface area contributed by atoms with Gasteiger partial charge < -0.3 is 9.64 Å². The fourth-order valence-corrected chi connectivity index (χ4v) is 5.81. The fraction of sp³-hybridized carbons (Fsp3) is 0.375. The average Bonchev–Trinajstić information content (AvgIpc) is 3.91. The third-order valence-corrected chi connectivity index (χ3v) is 8.21. The summed E-state index contributed by atoms with van der Waals surface area (Å²) in [6.07, 6.45) is 11.5. The van der Waals surface area contributed by atoms with E-state index in [0.29, 0.717) is 6.54 Å². The number of likely N-dealkylation sites (tertiary alicyclic amines) is 1. The first-order chi connectivity index (χ1) is 19.6. The number of fused-ring (bicyclic) bond motifs is 1. The minimum atomic E-state index is 0.0676. The topological polar surface area (TPSA) is 76.4 Å². The van der Waals surface area contributed by atoms with Gasteiger partial charge in [0.05, 0.1) is 17.1 Å². The number of hydrogen-bond donors (Lipinski definition) is 0. The lowest BCUT2D eigenvalue weighted by Gasteiger charge is -2.19. The van der Waals surface area contributed by atoms with Crippen molar-refractivity contribution < 1.29 is 9.53 Å². The van der Waals surface area contributed by atoms with Crippen LogP contribution < -0.4 is 4.74 Å². The quantitative estimate of drug-likeness (QED) is 0.262. The number of carbonyl (C=O) groups is 1. The van der Waals surface area contributed by atoms with Gasteiger partial charge in [-0.3, -0.25) is 9.69 Å². The van der Waals surface area contributed by atoms with E-state index < -0.39 is 0 Å². The van der Waals surface area contributed by atoms with Gasteiger partial charge in [0.2, 0.25) is 5.91 Å². The zero-order valence-corrected chi connectivity index (χ0v) is 22.8. The van der Waals surface area contributed by atoms with Gasteiger partial charge in [-0.05, 0) is 75.4 Å². The molecular weight excluding hydrogens is 500 g/mol. The van der Waals surface area contributed by atoms with Crippen molar-refractivity contribution >= 4 is 16.9 Å². The van der Waals surface area contributed by atoms with Crippen molar-refractivity contribution in [2.75, 3.05) is 19.6 Å². The molecule has 8 nitrogen and oxygen atoms in total. The summed E-state index contributed by atoms with van der Waals surface area (Å²) in [5.74, 6) is 1.65. The predicted octanol–water partition coefficient (Wildman–Crippen LogP) is 5.55. The summed E-state index contributed by atoms with van der Waals surface area (Å²) in [6.45, 7) is 4.22. The highest BCUT2D eigenvalue weighted by molar-refractivity contribution is 5.93. The van der Waals surface area contributed by atoms with Crippen molar-refractivity contribution in [3.63, 3.8) is 0 Å². The molecule has 1 atom stereocenters. The van der Waals surface area contributed by atoms with E-state index in [1.54, 1.807) is 12.4 Å². The Kier molecular flexibility index (Phi) is 6.55. The highest BCUT2D eigenvalue weighted by Gasteiger charge is 2.38. The number of nitrogens with zero attached hydrogens (tertiary/aromatic N) is 6. The number of carbonyl (C=O) groups excluding carboxylic acids is 1. The van der Waals surface area contributed by atoms with Gasteiger partial charge in [-0.15, -0.1) is 0 Å². The molecule has 3 heterocycles. The standard InChI is InChI=1S/C32H34N6O2/c1-22-30-31(23-9-15-28(16-10-23)40-27-6-3-2-4-7-27)35-38(32(30)34-21-33-22)26-17-19-36(20-26)29(39)8-5-18-37(24-11-12-24)25-13-14-25/h2-10,15-16,21,24-26H,11-14,17-20H2,1H3/b8-5+/t26-/m1/s1. The Hall–Kier alpha value is -4.04. The molecule has 204 valence electrons. The Morgan fingerprint density at radius 2 is 1.70 bits per heavy atom. The number of ether oxygens (including phenoxy) is 1. The zero-order valence-electron chi connectivity index (χ0n) is 22.8. The highest BCUT2D eigenvalue weighted by Crippen LogP contribution is 2.37. The lowest BCUT2D eigenvalue weighted by Crippen LogP contribution is -2.30. The maximum Gasteiger partial charge on any atom is 0.246 e. The van der Waals surface area contributed by atoms with Crippen LogP contribution in [0.2, 0.25) is 0 Å². The Morgan fingerprint density at radius 3 is 2.42 bits per heavy atom. The number of amides is 1. The first-order valence-electron chi connectivity index (χ1n) is 14.4. The molecular formula is C32H34N6O2. The third kappa shape index (κ3) is 5.11. The smallest absolute Gasteiger partial charge is 0.246 e. The van der Waals surface area contributed by atoms with E-state index in [-0.39, 0.29) is 11.9 Å². The third-order valence-electron chi connectivity index (χ3n) is 8.21. The monoisotopic (exact) mass is 534 g/mol. The van der Waals surface area contributed by atoms with Crippen LogP contribution in [-0.4, -0.2) is 67.2 Å². The van der Waals surface area contributed by atoms with Crippen LogP contribution >= 0.6 is 0 Å². The van der Waals surface area contributed by atoms with Crippen LogP contribution in [0, 0.1) is 6.92 Å². The maximum atomic E-state index is 13.0. The van der Waals surface area contributed by atoms with Crippen molar-refractivity contribution in [1.29, 1.82) is 0 Å². The fourth-order valence-electron chi connectivity index (χ4n) is 5.81. The molecule has 3 fully saturated rings. The molecule has 0 radical (unpaired) electrons. The number of aryl methyl sites for hydroxylation is 1. The predicted molar refractivity (Wildman–Crippen MR) is 154 cm³/mol. The Balaban J connectivity index is 1.08. The van der Waals surface area contributed by atoms with Gasteiger partial charge in [-0.25, -0.2) is 14.6 Å². The number of rotatable bonds is 9. The summed E-state index contributed by atoms with van der Waals surface area (Å²) in [5.41, 5.74) is 3.53. The first-order valence-corrected chi connectivity index (χ1v) is 14.4. The molecule has 0 bridgehead atoms. The summed E-state index contributed by atoms with van der Waals surface area (Å²) in [7, 11) is 0. The van der Waals surface area contributed by atoms with Crippen molar-refractivity contribution in [2.24, 2.45) is 0 Å². The maximum absolute atomic E-state index is 13.0. The molecule has 0 spiro atoms. The van der Waals surface area contributed by atoms with Crippen molar-refractivity contribution in [2.45, 2.75) is 57.2 Å². The average molecular weight is 535 g/mol. The molecule has 0 unspecified atom stereocenters. The molecule has 1 amide bonds. The van der Waals surface area contributed by atoms with Crippen molar-refractivity contribution in [3.8, 4) is 22.8 Å². The zero-order chi connectivity index (χ0) is 27.1. The van der Waals surface area contributed by atoms with E-state index in [0.717, 1.165) is 71.1 Å². The molecule has 4 aromatic rings. The minimum Gasteiger partial charge on any atom is -0.457 e. The summed E-state index contributed by atoms with van der Waals surface area (Å²) in [6, 6.07) is 19.3. The van der Waals surface area contributed by atoms with Crippen LogP contribution in [0.25, 0.3) is 22.3 Å². The molecule has 0 N–H and O–H groups in total. The van der Waals surface area contributed by atoms with E-state index in [1.165, 1.54) is 25.7 Å². The molecule has 2 saturated carbocycles. The number of para-hydroxylation sites is 1. The second kappa shape index (κ2) is 10.5. The van der Waals surface area contributed by atoms with Gasteiger partial charge >= 0.3 is 0 Å². The number of hydrogen-bond acceptors (Lipinski definition) is 6. The lowest BCUT2D eigenvalue weighted by molar-refractivity contribution is -0.125. The van der Waals surface area contributed by atoms with Gasteiger partial charge in [0, 0.05) is 43.4 Å². The summed E-state index contributed by atoms with van der Waals surface area (Å²) in [4.78, 5) is 26.7. The summed E-state index contributed by atoms with van der Waals surface area (Å²) < 4.78 is 7.98. The largest absolute Gasteiger partial charge is 0.457 e. The minimum absolute atomic E-state index is 0.0676. The Morgan fingerprint density at radius 1 is 0.975 bits per heavy atom. The lowest BCUT2D eigenvalue weighted by atomic mass is 10.1. The van der Waals surface area contributed by atoms with E-state index in [9.17, 15) is 4.79 Å². The van der Waals surface area contributed by atoms with Gasteiger partial charge in [-0.2, -0.15) is 5.10 Å². The molecule has 3 aliphatic rings. The van der Waals surface area contributed by atoms with Crippen LogP contribution in [0.4, 0.5) is 0 Å². The molecule has 1 aliphatic heterocycles. The number of aromatic nitrogens is 4. The molecule has 2 aliphatic carbocycles. The van der Waals surface area contributed by atoms with Crippen LogP contribution in [0.3, 0.4) is 0 Å². The first kappa shape index (κ1) is 25.0. The van der Waals surface area contributed by atoms with E-state index in [1.807, 2.05) is 71.1 Å². The van der Waals surface area contributed by atoms with E-state index in [4.69, 9.17) is 9.84 Å². The van der Waals surface area contributed by atoms with E-state index >= 15 is 0 Å². The highest BCUT2D eigenvalue weighted by atomic mass is 16.5. The molecule has 8 heteroatoms. The van der Waals surface area contributed by atoms with Gasteiger partial charge in [0.15, 0.2) is 5.65 Å². The SMILES string of the molecule is Cc1ncnc2c1c(-c1ccc(Oc3ccccc3)cc1)nn2[C@@H]1CCN(C(=O)/C=C/CN(C2CC2)C2CC2)C1. The number of benzene rings is 2. The normalized spacial score (nSPS) is 19.2. The van der Waals surface area contributed by atoms with Crippen molar-refractivity contribution in [3.05, 3.63) is 78.8 Å². The second-order valence-electron chi connectivity index (χ2n) is 11.2. The molecule has 7 rings (SSSR count). The molecule has 40 heavy (non-hydrogen) atoms. The molecule has 2 aromatic carbocycles. The van der Waals surface area contributed by atoms with Crippen LogP contribution in [0.1, 0.15) is 43.8 Å². The van der Waals surface area contributed by atoms with Gasteiger partial charge in [-0.1, -0.05) is 24.3 Å². The molecule has 1 saturated heterocycles. The second-order valence-corrected chi connectivity index (χ2v) is 11.2. The Labute approximate surface area is 234 Å². The van der Waals surface area contributed by atoms with E-state index in [2.05, 4.69) is 20.9 Å². The summed E-state index contributed by atoms with van der Waals surface area (Å²) >= 11 is 0. The van der Waals surface area contributed by atoms with Gasteiger partial charge in [0.25, 0.3) is 0 Å². The van der Waals surface area contributed by atoms with Gasteiger partial charge in [0.1, 0.15) is 23.5 Å². The molecule has 2 aromatic heterocycles. The Bertz CT molecular complexity index is 1530. The summed E-state index contributed by atoms with van der Waals surface area (Å²) in [5, 5.41) is 6.01.